The molecule has 10 heteroatoms. The molecule has 0 saturated heterocycles. The second kappa shape index (κ2) is 4.63. The molecule has 0 bridgehead atoms. The van der Waals surface area contributed by atoms with E-state index < -0.39 is 41.5 Å². The average Bonchev–Trinajstić information content (AvgIpc) is 2.17. The monoisotopic (exact) mass is 273 g/mol. The summed E-state index contributed by atoms with van der Waals surface area (Å²) < 4.78 is 63.8. The number of carboxylic acid groups (broad SMARTS) is 1. The van der Waals surface area contributed by atoms with Gasteiger partial charge in [0.15, 0.2) is 17.2 Å². The number of carbonyl (C=O) groups is 1. The molecule has 0 spiro atoms. The van der Waals surface area contributed by atoms with Gasteiger partial charge in [0.25, 0.3) is 6.43 Å². The molecule has 0 aliphatic carbocycles. The van der Waals surface area contributed by atoms with Crippen LogP contribution in [-0.4, -0.2) is 27.5 Å². The van der Waals surface area contributed by atoms with Gasteiger partial charge in [0.1, 0.15) is 0 Å². The number of carboxylic acids is 1. The first kappa shape index (κ1) is 13.9. The molecule has 0 aromatic carbocycles. The first-order valence-electron chi connectivity index (χ1n) is 4.12. The highest BCUT2D eigenvalue weighted by Gasteiger charge is 2.36. The lowest BCUT2D eigenvalue weighted by atomic mass is 10.2. The maximum Gasteiger partial charge on any atom is 0.573 e. The van der Waals surface area contributed by atoms with Gasteiger partial charge in [-0.05, 0) is 0 Å². The van der Waals surface area contributed by atoms with Crippen molar-refractivity contribution in [3.8, 4) is 11.5 Å². The van der Waals surface area contributed by atoms with E-state index in [-0.39, 0.29) is 6.20 Å². The number of halogens is 5. The highest BCUT2D eigenvalue weighted by molar-refractivity contribution is 5.89. The Morgan fingerprint density at radius 1 is 1.39 bits per heavy atom. The van der Waals surface area contributed by atoms with Crippen LogP contribution >= 0.6 is 0 Å². The number of rotatable bonds is 3. The van der Waals surface area contributed by atoms with Gasteiger partial charge in [-0.25, -0.2) is 18.6 Å². The molecule has 1 aromatic rings. The molecule has 0 aliphatic heterocycles. The minimum Gasteiger partial charge on any atom is -0.503 e. The summed E-state index contributed by atoms with van der Waals surface area (Å²) in [5.41, 5.74) is -2.59. The number of pyridine rings is 1. The number of nitrogens with zero attached hydrogens (tertiary/aromatic N) is 1. The number of hydrogen-bond acceptors (Lipinski definition) is 4. The van der Waals surface area contributed by atoms with Crippen molar-refractivity contribution in [1.82, 2.24) is 4.98 Å². The SMILES string of the molecule is O=C(O)c1ncc(C(F)F)c(OC(F)(F)F)c1O. The van der Waals surface area contributed by atoms with Gasteiger partial charge < -0.3 is 14.9 Å². The molecule has 0 atom stereocenters. The van der Waals surface area contributed by atoms with Crippen LogP contribution in [0.4, 0.5) is 22.0 Å². The Labute approximate surface area is 95.4 Å². The Bertz CT molecular complexity index is 473. The molecule has 1 aromatic heterocycles. The average molecular weight is 273 g/mol. The van der Waals surface area contributed by atoms with Crippen LogP contribution in [0, 0.1) is 0 Å². The summed E-state index contributed by atoms with van der Waals surface area (Å²) >= 11 is 0. The minimum absolute atomic E-state index is 0.189. The summed E-state index contributed by atoms with van der Waals surface area (Å²) in [6.45, 7) is 0. The Hall–Kier alpha value is -2.13. The number of ether oxygens (including phenoxy) is 1. The van der Waals surface area contributed by atoms with E-state index in [0.717, 1.165) is 0 Å². The van der Waals surface area contributed by atoms with Crippen molar-refractivity contribution < 1.29 is 41.7 Å². The van der Waals surface area contributed by atoms with Crippen LogP contribution in [0.5, 0.6) is 11.5 Å². The van der Waals surface area contributed by atoms with Crippen LogP contribution in [0.2, 0.25) is 0 Å². The second-order valence-corrected chi connectivity index (χ2v) is 2.89. The van der Waals surface area contributed by atoms with Crippen LogP contribution in [0.25, 0.3) is 0 Å². The third kappa shape index (κ3) is 2.96. The molecule has 0 saturated carbocycles. The smallest absolute Gasteiger partial charge is 0.503 e. The van der Waals surface area contributed by atoms with E-state index in [4.69, 9.17) is 10.2 Å². The fourth-order valence-electron chi connectivity index (χ4n) is 1.03. The Morgan fingerprint density at radius 2 is 1.94 bits per heavy atom. The van der Waals surface area contributed by atoms with E-state index >= 15 is 0 Å². The van der Waals surface area contributed by atoms with E-state index in [1.807, 2.05) is 0 Å². The van der Waals surface area contributed by atoms with E-state index in [2.05, 4.69) is 9.72 Å². The summed E-state index contributed by atoms with van der Waals surface area (Å²) in [6.07, 6.45) is -8.60. The number of aromatic hydroxyl groups is 1. The molecule has 0 fully saturated rings. The van der Waals surface area contributed by atoms with Gasteiger partial charge in [0, 0.05) is 6.20 Å². The number of alkyl halides is 5. The summed E-state index contributed by atoms with van der Waals surface area (Å²) in [7, 11) is 0. The fraction of sp³-hybridized carbons (Fsp3) is 0.250. The van der Waals surface area contributed by atoms with Crippen LogP contribution in [0.15, 0.2) is 6.20 Å². The standard InChI is InChI=1S/C8H4F5NO4/c9-6(10)2-1-14-3(7(16)17)4(15)5(2)18-8(11,12)13/h1,6,15H,(H,16,17). The minimum atomic E-state index is -5.36. The molecule has 1 heterocycles. The Balaban J connectivity index is 3.41. The molecule has 1 rings (SSSR count). The molecule has 5 nitrogen and oxygen atoms in total. The number of aromatic carboxylic acids is 1. The first-order valence-corrected chi connectivity index (χ1v) is 4.12. The highest BCUT2D eigenvalue weighted by atomic mass is 19.4. The maximum atomic E-state index is 12.4. The van der Waals surface area contributed by atoms with E-state index in [1.54, 1.807) is 0 Å². The second-order valence-electron chi connectivity index (χ2n) is 2.89. The molecule has 0 radical (unpaired) electrons. The summed E-state index contributed by atoms with van der Waals surface area (Å²) in [4.78, 5) is 13.4. The summed E-state index contributed by atoms with van der Waals surface area (Å²) in [5.74, 6) is -5.18. The molecule has 100 valence electrons. The van der Waals surface area contributed by atoms with Gasteiger partial charge in [-0.2, -0.15) is 0 Å². The Morgan fingerprint density at radius 3 is 2.33 bits per heavy atom. The van der Waals surface area contributed by atoms with Crippen molar-refractivity contribution in [2.45, 2.75) is 12.8 Å². The predicted octanol–water partition coefficient (Wildman–Crippen LogP) is 2.32. The highest BCUT2D eigenvalue weighted by Crippen LogP contribution is 2.40. The normalized spacial score (nSPS) is 11.7. The summed E-state index contributed by atoms with van der Waals surface area (Å²) in [5, 5.41) is 17.6. The van der Waals surface area contributed by atoms with Gasteiger partial charge in [-0.3, -0.25) is 0 Å². The third-order valence-corrected chi connectivity index (χ3v) is 1.69. The molecule has 0 amide bonds. The molecule has 0 aliphatic rings. The zero-order valence-corrected chi connectivity index (χ0v) is 8.20. The molecular formula is C8H4F5NO4. The summed E-state index contributed by atoms with van der Waals surface area (Å²) in [6, 6.07) is 0. The fourth-order valence-corrected chi connectivity index (χ4v) is 1.03. The molecule has 18 heavy (non-hydrogen) atoms. The van der Waals surface area contributed by atoms with Crippen molar-refractivity contribution in [3.05, 3.63) is 17.5 Å². The van der Waals surface area contributed by atoms with Gasteiger partial charge in [0.05, 0.1) is 5.56 Å². The van der Waals surface area contributed by atoms with Crippen LogP contribution in [0.3, 0.4) is 0 Å². The van der Waals surface area contributed by atoms with Crippen molar-refractivity contribution >= 4 is 5.97 Å². The van der Waals surface area contributed by atoms with Crippen molar-refractivity contribution in [1.29, 1.82) is 0 Å². The third-order valence-electron chi connectivity index (χ3n) is 1.69. The van der Waals surface area contributed by atoms with Crippen molar-refractivity contribution in [2.24, 2.45) is 0 Å². The zero-order chi connectivity index (χ0) is 14.1. The zero-order valence-electron chi connectivity index (χ0n) is 8.20. The van der Waals surface area contributed by atoms with Gasteiger partial charge >= 0.3 is 12.3 Å². The van der Waals surface area contributed by atoms with Gasteiger partial charge in [-0.1, -0.05) is 0 Å². The topological polar surface area (TPSA) is 79.7 Å². The van der Waals surface area contributed by atoms with E-state index in [0.29, 0.717) is 0 Å². The van der Waals surface area contributed by atoms with E-state index in [1.165, 1.54) is 0 Å². The molecular weight excluding hydrogens is 269 g/mol. The lowest BCUT2D eigenvalue weighted by Gasteiger charge is -2.14. The van der Waals surface area contributed by atoms with Gasteiger partial charge in [-0.15, -0.1) is 13.2 Å². The van der Waals surface area contributed by atoms with Crippen molar-refractivity contribution in [2.75, 3.05) is 0 Å². The van der Waals surface area contributed by atoms with Crippen LogP contribution in [-0.2, 0) is 0 Å². The first-order chi connectivity index (χ1) is 8.13. The van der Waals surface area contributed by atoms with Crippen LogP contribution < -0.4 is 4.74 Å². The predicted molar refractivity (Wildman–Crippen MR) is 44.5 cm³/mol. The largest absolute Gasteiger partial charge is 0.573 e. The van der Waals surface area contributed by atoms with Crippen molar-refractivity contribution in [3.63, 3.8) is 0 Å². The molecule has 0 unspecified atom stereocenters. The number of hydrogen-bond donors (Lipinski definition) is 2. The lowest BCUT2D eigenvalue weighted by molar-refractivity contribution is -0.275. The van der Waals surface area contributed by atoms with Gasteiger partial charge in [0.2, 0.25) is 0 Å². The lowest BCUT2D eigenvalue weighted by Crippen LogP contribution is -2.19. The Kier molecular flexibility index (Phi) is 3.58. The quantitative estimate of drug-likeness (QED) is 0.826. The van der Waals surface area contributed by atoms with E-state index in [9.17, 15) is 26.7 Å². The maximum absolute atomic E-state index is 12.4. The van der Waals surface area contributed by atoms with Crippen LogP contribution in [0.1, 0.15) is 22.5 Å². The molecule has 2 N–H and O–H groups in total. The number of aromatic nitrogens is 1.